The molecule has 1 atom stereocenters. The van der Waals surface area contributed by atoms with E-state index in [1.54, 1.807) is 19.5 Å². The average molecular weight is 412 g/mol. The molecule has 3 aliphatic heterocycles. The first-order valence-electron chi connectivity index (χ1n) is 10.3. The zero-order valence-electron chi connectivity index (χ0n) is 17.4. The van der Waals surface area contributed by atoms with Gasteiger partial charge in [0.25, 0.3) is 0 Å². The topological polar surface area (TPSA) is 119 Å². The zero-order chi connectivity index (χ0) is 21.0. The molecule has 4 heterocycles. The molecule has 0 unspecified atom stereocenters. The lowest BCUT2D eigenvalue weighted by Gasteiger charge is -2.58. The number of aromatic nitrogens is 2. The van der Waals surface area contributed by atoms with Gasteiger partial charge in [0.05, 0.1) is 36.9 Å². The fourth-order valence-corrected chi connectivity index (χ4v) is 4.55. The number of rotatable bonds is 6. The first-order valence-corrected chi connectivity index (χ1v) is 10.3. The van der Waals surface area contributed by atoms with Crippen LogP contribution in [0.4, 0.5) is 11.8 Å². The Bertz CT molecular complexity index is 843. The molecule has 0 saturated carbocycles. The van der Waals surface area contributed by atoms with Crippen molar-refractivity contribution in [3.05, 3.63) is 24.2 Å². The van der Waals surface area contributed by atoms with E-state index in [0.717, 1.165) is 58.3 Å². The van der Waals surface area contributed by atoms with E-state index in [1.165, 1.54) is 6.20 Å². The summed E-state index contributed by atoms with van der Waals surface area (Å²) in [6.45, 7) is 7.15. The van der Waals surface area contributed by atoms with Crippen molar-refractivity contribution >= 4 is 18.0 Å². The number of morpholine rings is 1. The second kappa shape index (κ2) is 8.95. The highest BCUT2D eigenvalue weighted by Crippen LogP contribution is 2.36. The molecular weight excluding hydrogens is 382 g/mol. The van der Waals surface area contributed by atoms with Gasteiger partial charge >= 0.3 is 0 Å². The fraction of sp³-hybridized carbons (Fsp3) is 0.600. The lowest BCUT2D eigenvalue weighted by Crippen LogP contribution is -2.74. The molecule has 3 aliphatic rings. The Labute approximate surface area is 177 Å². The van der Waals surface area contributed by atoms with Crippen LogP contribution >= 0.6 is 0 Å². The highest BCUT2D eigenvalue weighted by atomic mass is 16.5. The highest BCUT2D eigenvalue weighted by Gasteiger charge is 2.50. The molecule has 1 aromatic heterocycles. The minimum absolute atomic E-state index is 0.131. The number of ether oxygens (including phenoxy) is 1. The van der Waals surface area contributed by atoms with Gasteiger partial charge in [-0.3, -0.25) is 14.8 Å². The molecule has 3 N–H and O–H groups in total. The number of fused-ring (bicyclic) bond motifs is 1. The molecule has 0 aromatic carbocycles. The van der Waals surface area contributed by atoms with Crippen molar-refractivity contribution in [3.63, 3.8) is 0 Å². The SMILES string of the molecule is CN=C/C(=C\N)Nc1nccc(N2CC(CC#N)(N3CCN4CCOC[C@@H]4C3)C2)n1. The molecule has 0 aliphatic carbocycles. The molecule has 0 spiro atoms. The highest BCUT2D eigenvalue weighted by molar-refractivity contribution is 5.81. The maximum Gasteiger partial charge on any atom is 0.229 e. The number of anilines is 2. The van der Waals surface area contributed by atoms with Crippen LogP contribution in [0.2, 0.25) is 0 Å². The van der Waals surface area contributed by atoms with Crippen LogP contribution in [0.5, 0.6) is 0 Å². The Morgan fingerprint density at radius 3 is 3.10 bits per heavy atom. The van der Waals surface area contributed by atoms with E-state index >= 15 is 0 Å². The van der Waals surface area contributed by atoms with Gasteiger partial charge in [-0.1, -0.05) is 0 Å². The van der Waals surface area contributed by atoms with Crippen LogP contribution in [0.1, 0.15) is 6.42 Å². The Morgan fingerprint density at radius 2 is 2.33 bits per heavy atom. The number of hydrogen-bond donors (Lipinski definition) is 2. The van der Waals surface area contributed by atoms with Gasteiger partial charge in [0.2, 0.25) is 5.95 Å². The Kier molecular flexibility index (Phi) is 6.13. The molecule has 3 saturated heterocycles. The molecule has 0 bridgehead atoms. The molecular formula is C20H29N9O. The number of nitrogens with zero attached hydrogens (tertiary/aromatic N) is 7. The van der Waals surface area contributed by atoms with Gasteiger partial charge in [-0.25, -0.2) is 4.98 Å². The maximum absolute atomic E-state index is 9.51. The summed E-state index contributed by atoms with van der Waals surface area (Å²) in [6.07, 6.45) is 5.29. The first kappa shape index (κ1) is 20.5. The fourth-order valence-electron chi connectivity index (χ4n) is 4.55. The monoisotopic (exact) mass is 411 g/mol. The average Bonchev–Trinajstić information content (AvgIpc) is 2.75. The third kappa shape index (κ3) is 4.09. The van der Waals surface area contributed by atoms with E-state index in [9.17, 15) is 5.26 Å². The van der Waals surface area contributed by atoms with Crippen LogP contribution < -0.4 is 16.0 Å². The van der Waals surface area contributed by atoms with E-state index < -0.39 is 0 Å². The minimum Gasteiger partial charge on any atom is -0.403 e. The number of allylic oxidation sites excluding steroid dienone is 1. The van der Waals surface area contributed by atoms with Gasteiger partial charge in [0, 0.05) is 71.0 Å². The maximum atomic E-state index is 9.51. The van der Waals surface area contributed by atoms with Crippen LogP contribution in [-0.4, -0.2) is 97.1 Å². The largest absolute Gasteiger partial charge is 0.403 e. The third-order valence-corrected chi connectivity index (χ3v) is 6.16. The van der Waals surface area contributed by atoms with Crippen LogP contribution in [0.3, 0.4) is 0 Å². The van der Waals surface area contributed by atoms with Gasteiger partial charge in [-0.15, -0.1) is 0 Å². The van der Waals surface area contributed by atoms with Crippen molar-refractivity contribution in [2.75, 3.05) is 69.7 Å². The molecule has 30 heavy (non-hydrogen) atoms. The van der Waals surface area contributed by atoms with E-state index in [4.69, 9.17) is 10.5 Å². The van der Waals surface area contributed by atoms with Crippen LogP contribution in [0.25, 0.3) is 0 Å². The second-order valence-electron chi connectivity index (χ2n) is 8.00. The molecule has 4 rings (SSSR count). The van der Waals surface area contributed by atoms with Crippen molar-refractivity contribution in [3.8, 4) is 6.07 Å². The third-order valence-electron chi connectivity index (χ3n) is 6.16. The summed E-state index contributed by atoms with van der Waals surface area (Å²) >= 11 is 0. The first-order chi connectivity index (χ1) is 14.7. The van der Waals surface area contributed by atoms with Gasteiger partial charge in [-0.2, -0.15) is 10.2 Å². The lowest BCUT2D eigenvalue weighted by molar-refractivity contribution is -0.0753. The smallest absolute Gasteiger partial charge is 0.229 e. The molecule has 10 heteroatoms. The van der Waals surface area contributed by atoms with E-state index in [0.29, 0.717) is 24.1 Å². The zero-order valence-corrected chi connectivity index (χ0v) is 17.4. The molecule has 1 aromatic rings. The Morgan fingerprint density at radius 1 is 1.47 bits per heavy atom. The summed E-state index contributed by atoms with van der Waals surface area (Å²) in [5.41, 5.74) is 6.11. The summed E-state index contributed by atoms with van der Waals surface area (Å²) in [5.74, 6) is 1.31. The van der Waals surface area contributed by atoms with Crippen LogP contribution in [-0.2, 0) is 4.74 Å². The van der Waals surface area contributed by atoms with Crippen molar-refractivity contribution in [2.45, 2.75) is 18.0 Å². The van der Waals surface area contributed by atoms with Crippen molar-refractivity contribution < 1.29 is 4.74 Å². The normalized spacial score (nSPS) is 24.9. The van der Waals surface area contributed by atoms with E-state index in [1.807, 2.05) is 6.07 Å². The number of nitriles is 1. The predicted molar refractivity (Wildman–Crippen MR) is 115 cm³/mol. The molecule has 160 valence electrons. The summed E-state index contributed by atoms with van der Waals surface area (Å²) in [6, 6.07) is 4.74. The number of aliphatic imine (C=N–C) groups is 1. The molecule has 10 nitrogen and oxygen atoms in total. The minimum atomic E-state index is -0.131. The van der Waals surface area contributed by atoms with Gasteiger partial charge in [-0.05, 0) is 6.07 Å². The molecule has 0 amide bonds. The Hall–Kier alpha value is -2.74. The van der Waals surface area contributed by atoms with Crippen LogP contribution in [0, 0.1) is 11.3 Å². The molecule has 0 radical (unpaired) electrons. The lowest BCUT2D eigenvalue weighted by atomic mass is 9.83. The number of piperazine rings is 1. The standard InChI is InChI=1S/C20H29N9O/c1-23-11-16(10-22)25-19-24-5-2-18(26-19)28-14-20(15-28,3-4-21)29-7-6-27-8-9-30-13-17(27)12-29/h2,5,10-11,17H,3,6-9,12-15,22H2,1H3,(H,24,25,26)/b16-10+,23-11?/t17-/m0/s1. The second-order valence-corrected chi connectivity index (χ2v) is 8.00. The number of nitrogens with one attached hydrogen (secondary N) is 1. The number of hydrogen-bond acceptors (Lipinski definition) is 10. The van der Waals surface area contributed by atoms with Gasteiger partial charge < -0.3 is 20.7 Å². The quantitative estimate of drug-likeness (QED) is 0.617. The summed E-state index contributed by atoms with van der Waals surface area (Å²) in [7, 11) is 1.68. The van der Waals surface area contributed by atoms with Gasteiger partial charge in [0.15, 0.2) is 0 Å². The van der Waals surface area contributed by atoms with Crippen molar-refractivity contribution in [1.29, 1.82) is 5.26 Å². The van der Waals surface area contributed by atoms with Crippen LogP contribution in [0.15, 0.2) is 29.2 Å². The summed E-state index contributed by atoms with van der Waals surface area (Å²) in [4.78, 5) is 20.1. The predicted octanol–water partition coefficient (Wildman–Crippen LogP) is -0.122. The summed E-state index contributed by atoms with van der Waals surface area (Å²) in [5, 5.41) is 12.6. The Balaban J connectivity index is 1.43. The van der Waals surface area contributed by atoms with Crippen molar-refractivity contribution in [2.24, 2.45) is 10.7 Å². The van der Waals surface area contributed by atoms with E-state index in [-0.39, 0.29) is 5.54 Å². The van der Waals surface area contributed by atoms with Gasteiger partial charge in [0.1, 0.15) is 5.82 Å². The number of nitrogens with two attached hydrogens (primary N) is 1. The van der Waals surface area contributed by atoms with E-state index in [2.05, 4.69) is 41.0 Å². The summed E-state index contributed by atoms with van der Waals surface area (Å²) < 4.78 is 5.68. The van der Waals surface area contributed by atoms with Crippen molar-refractivity contribution in [1.82, 2.24) is 19.8 Å². The molecule has 3 fully saturated rings.